The van der Waals surface area contributed by atoms with Crippen molar-refractivity contribution in [1.29, 1.82) is 0 Å². The first kappa shape index (κ1) is 17.2. The van der Waals surface area contributed by atoms with Crippen LogP contribution in [0.15, 0.2) is 48.6 Å². The summed E-state index contributed by atoms with van der Waals surface area (Å²) in [5, 5.41) is 4.36. The summed E-state index contributed by atoms with van der Waals surface area (Å²) < 4.78 is 0. The smallest absolute Gasteiger partial charge is 0.259 e. The molecule has 4 rings (SSSR count). The van der Waals surface area contributed by atoms with Gasteiger partial charge in [-0.05, 0) is 29.3 Å². The number of rotatable bonds is 3. The topological polar surface area (TPSA) is 144 Å². The lowest BCUT2D eigenvalue weighted by molar-refractivity contribution is -0.124. The van der Waals surface area contributed by atoms with Crippen molar-refractivity contribution < 1.29 is 19.2 Å². The maximum absolute atomic E-state index is 12.4. The summed E-state index contributed by atoms with van der Waals surface area (Å²) in [5.41, 5.74) is 14.5. The van der Waals surface area contributed by atoms with Gasteiger partial charge in [-0.2, -0.15) is 0 Å². The van der Waals surface area contributed by atoms with Gasteiger partial charge in [-0.3, -0.25) is 29.8 Å². The highest BCUT2D eigenvalue weighted by Gasteiger charge is 2.32. The third-order valence-electron chi connectivity index (χ3n) is 4.51. The molecule has 2 aliphatic rings. The number of imide groups is 2. The number of benzene rings is 2. The van der Waals surface area contributed by atoms with E-state index in [0.717, 1.165) is 12.2 Å². The summed E-state index contributed by atoms with van der Waals surface area (Å²) in [7, 11) is 0. The highest BCUT2D eigenvalue weighted by atomic mass is 16.2. The van der Waals surface area contributed by atoms with E-state index in [4.69, 9.17) is 11.5 Å². The molecule has 0 unspecified atom stereocenters. The molecule has 0 atom stereocenters. The van der Waals surface area contributed by atoms with E-state index in [0.29, 0.717) is 22.4 Å². The second-order valence-electron chi connectivity index (χ2n) is 6.33. The van der Waals surface area contributed by atoms with Gasteiger partial charge in [-0.25, -0.2) is 0 Å². The average molecular weight is 374 g/mol. The third kappa shape index (κ3) is 2.73. The maximum Gasteiger partial charge on any atom is 0.259 e. The number of hydrogen-bond donors (Lipinski definition) is 4. The van der Waals surface area contributed by atoms with Crippen LogP contribution in [0.3, 0.4) is 0 Å². The highest BCUT2D eigenvalue weighted by Crippen LogP contribution is 2.40. The molecule has 6 N–H and O–H groups in total. The average Bonchev–Trinajstić information content (AvgIpc) is 3.15. The largest absolute Gasteiger partial charge is 0.399 e. The summed E-state index contributed by atoms with van der Waals surface area (Å²) in [6.07, 6.45) is 2.27. The van der Waals surface area contributed by atoms with Crippen molar-refractivity contribution >= 4 is 46.1 Å². The molecular formula is C20H14N4O4. The van der Waals surface area contributed by atoms with Crippen molar-refractivity contribution in [3.63, 3.8) is 0 Å². The molecule has 0 saturated carbocycles. The first-order valence-electron chi connectivity index (χ1n) is 8.28. The lowest BCUT2D eigenvalue weighted by Crippen LogP contribution is -2.23. The van der Waals surface area contributed by atoms with Gasteiger partial charge in [0.25, 0.3) is 23.6 Å². The van der Waals surface area contributed by atoms with Crippen molar-refractivity contribution in [3.8, 4) is 11.1 Å². The molecule has 8 nitrogen and oxygen atoms in total. The third-order valence-corrected chi connectivity index (χ3v) is 4.51. The summed E-state index contributed by atoms with van der Waals surface area (Å²) in [6, 6.07) is 10.1. The van der Waals surface area contributed by atoms with E-state index in [-0.39, 0.29) is 22.4 Å². The van der Waals surface area contributed by atoms with Gasteiger partial charge < -0.3 is 11.5 Å². The second-order valence-corrected chi connectivity index (χ2v) is 6.33. The first-order valence-corrected chi connectivity index (χ1v) is 8.28. The fourth-order valence-electron chi connectivity index (χ4n) is 3.29. The Labute approximate surface area is 158 Å². The normalized spacial score (nSPS) is 16.0. The van der Waals surface area contributed by atoms with Gasteiger partial charge in [0.05, 0.1) is 11.1 Å². The number of anilines is 2. The number of hydrogen-bond acceptors (Lipinski definition) is 6. The van der Waals surface area contributed by atoms with Crippen LogP contribution in [0, 0.1) is 0 Å². The number of carbonyl (C=O) groups is 4. The quantitative estimate of drug-likeness (QED) is 0.457. The van der Waals surface area contributed by atoms with Gasteiger partial charge in [0.15, 0.2) is 0 Å². The van der Waals surface area contributed by atoms with Crippen LogP contribution in [-0.2, 0) is 19.2 Å². The Bertz CT molecular complexity index is 1140. The van der Waals surface area contributed by atoms with Crippen LogP contribution in [-0.4, -0.2) is 23.6 Å². The number of nitrogens with one attached hydrogen (secondary N) is 2. The second kappa shape index (κ2) is 6.20. The monoisotopic (exact) mass is 374 g/mol. The zero-order valence-electron chi connectivity index (χ0n) is 14.4. The van der Waals surface area contributed by atoms with E-state index >= 15 is 0 Å². The first-order chi connectivity index (χ1) is 13.3. The van der Waals surface area contributed by atoms with Crippen molar-refractivity contribution in [2.45, 2.75) is 0 Å². The minimum Gasteiger partial charge on any atom is -0.399 e. The SMILES string of the molecule is Nc1ccc(-c2ccc(N)c(C3=CC(=O)NC3=O)c2C2=CC(=O)NC2=O)cc1. The Morgan fingerprint density at radius 2 is 1.18 bits per heavy atom. The molecule has 0 spiro atoms. The Morgan fingerprint density at radius 3 is 1.68 bits per heavy atom. The standard InChI is InChI=1S/C20H14N4O4/c21-10-3-1-9(2-4-10)11-5-6-14(22)18(13-8-16(26)24-20(13)28)17(11)12-7-15(25)23-19(12)27/h1-8H,21-22H2,(H,23,25,27)(H,24,26,28). The summed E-state index contributed by atoms with van der Waals surface area (Å²) >= 11 is 0. The van der Waals surface area contributed by atoms with Gasteiger partial charge in [0, 0.05) is 34.7 Å². The molecule has 0 saturated heterocycles. The fourth-order valence-corrected chi connectivity index (χ4v) is 3.29. The molecule has 0 aromatic heterocycles. The van der Waals surface area contributed by atoms with E-state index in [1.54, 1.807) is 36.4 Å². The zero-order chi connectivity index (χ0) is 20.0. The van der Waals surface area contributed by atoms with Crippen molar-refractivity contribution in [1.82, 2.24) is 10.6 Å². The van der Waals surface area contributed by atoms with Crippen molar-refractivity contribution in [3.05, 3.63) is 59.7 Å². The molecule has 2 heterocycles. The molecule has 0 aliphatic carbocycles. The van der Waals surface area contributed by atoms with Crippen LogP contribution in [0.5, 0.6) is 0 Å². The van der Waals surface area contributed by atoms with E-state index in [2.05, 4.69) is 10.6 Å². The molecule has 2 aromatic carbocycles. The molecule has 0 bridgehead atoms. The summed E-state index contributed by atoms with van der Waals surface area (Å²) in [6.45, 7) is 0. The van der Waals surface area contributed by atoms with E-state index in [1.807, 2.05) is 0 Å². The van der Waals surface area contributed by atoms with E-state index in [1.165, 1.54) is 0 Å². The fraction of sp³-hybridized carbons (Fsp3) is 0. The Balaban J connectivity index is 2.06. The predicted molar refractivity (Wildman–Crippen MR) is 103 cm³/mol. The zero-order valence-corrected chi connectivity index (χ0v) is 14.4. The molecule has 138 valence electrons. The molecule has 8 heteroatoms. The summed E-state index contributed by atoms with van der Waals surface area (Å²) in [4.78, 5) is 48.1. The number of amides is 4. The van der Waals surface area contributed by atoms with Gasteiger partial charge in [-0.15, -0.1) is 0 Å². The molecule has 28 heavy (non-hydrogen) atoms. The Hall–Kier alpha value is -4.20. The van der Waals surface area contributed by atoms with E-state index in [9.17, 15) is 19.2 Å². The van der Waals surface area contributed by atoms with Crippen LogP contribution in [0.1, 0.15) is 11.1 Å². The van der Waals surface area contributed by atoms with Crippen LogP contribution >= 0.6 is 0 Å². The minimum atomic E-state index is -0.627. The number of carbonyl (C=O) groups excluding carboxylic acids is 4. The molecular weight excluding hydrogens is 360 g/mol. The summed E-state index contributed by atoms with van der Waals surface area (Å²) in [5.74, 6) is -2.39. The molecule has 0 fully saturated rings. The lowest BCUT2D eigenvalue weighted by atomic mass is 9.86. The molecule has 0 radical (unpaired) electrons. The van der Waals surface area contributed by atoms with Crippen LogP contribution < -0.4 is 22.1 Å². The van der Waals surface area contributed by atoms with Gasteiger partial charge in [-0.1, -0.05) is 18.2 Å². The van der Waals surface area contributed by atoms with Crippen molar-refractivity contribution in [2.75, 3.05) is 11.5 Å². The van der Waals surface area contributed by atoms with Crippen molar-refractivity contribution in [2.24, 2.45) is 0 Å². The molecule has 4 amide bonds. The van der Waals surface area contributed by atoms with Crippen LogP contribution in [0.2, 0.25) is 0 Å². The Morgan fingerprint density at radius 1 is 0.643 bits per heavy atom. The lowest BCUT2D eigenvalue weighted by Gasteiger charge is -2.18. The van der Waals surface area contributed by atoms with Gasteiger partial charge in [0.1, 0.15) is 0 Å². The highest BCUT2D eigenvalue weighted by molar-refractivity contribution is 6.39. The predicted octanol–water partition coefficient (Wildman–Crippen LogP) is 0.598. The van der Waals surface area contributed by atoms with Crippen LogP contribution in [0.25, 0.3) is 22.3 Å². The van der Waals surface area contributed by atoms with Crippen LogP contribution in [0.4, 0.5) is 11.4 Å². The van der Waals surface area contributed by atoms with E-state index < -0.39 is 23.6 Å². The molecule has 2 aromatic rings. The minimum absolute atomic E-state index is 0.0304. The number of nitrogens with two attached hydrogens (primary N) is 2. The van der Waals surface area contributed by atoms with Gasteiger partial charge in [0.2, 0.25) is 0 Å². The Kier molecular flexibility index (Phi) is 3.82. The number of nitrogen functional groups attached to an aromatic ring is 2. The molecule has 2 aliphatic heterocycles. The van der Waals surface area contributed by atoms with Gasteiger partial charge >= 0.3 is 0 Å². The maximum atomic E-state index is 12.4.